The Morgan fingerprint density at radius 2 is 1.83 bits per heavy atom. The molecular weight excluding hydrogens is 395 g/mol. The monoisotopic (exact) mass is 417 g/mol. The fraction of sp³-hybridized carbons (Fsp3) is 0.550. The Kier molecular flexibility index (Phi) is 3.61. The summed E-state index contributed by atoms with van der Waals surface area (Å²) in [6, 6.07) is 3.56. The third-order valence-electron chi connectivity index (χ3n) is 7.24. The Hall–Kier alpha value is -2.62. The van der Waals surface area contributed by atoms with E-state index in [2.05, 4.69) is 19.8 Å². The topological polar surface area (TPSA) is 97.2 Å². The molecule has 7 nitrogen and oxygen atoms in total. The molecule has 4 N–H and O–H groups in total. The number of aromatic nitrogens is 3. The highest BCUT2D eigenvalue weighted by Crippen LogP contribution is 2.45. The molecule has 4 aliphatic heterocycles. The maximum Gasteiger partial charge on any atom is 0.419 e. The number of halogens is 3. The molecule has 0 aromatic carbocycles. The van der Waals surface area contributed by atoms with E-state index >= 15 is 0 Å². The van der Waals surface area contributed by atoms with Gasteiger partial charge in [0.15, 0.2) is 0 Å². The van der Waals surface area contributed by atoms with Crippen molar-refractivity contribution >= 4 is 17.6 Å². The number of pyridine rings is 1. The van der Waals surface area contributed by atoms with Crippen molar-refractivity contribution in [3.05, 3.63) is 23.9 Å². The number of nitrogen functional groups attached to an aromatic ring is 1. The molecule has 2 aromatic rings. The van der Waals surface area contributed by atoms with Gasteiger partial charge in [-0.3, -0.25) is 0 Å². The lowest BCUT2D eigenvalue weighted by Gasteiger charge is -2.34. The second-order valence-electron chi connectivity index (χ2n) is 9.00. The lowest BCUT2D eigenvalue weighted by Crippen LogP contribution is -2.49. The van der Waals surface area contributed by atoms with Gasteiger partial charge in [-0.1, -0.05) is 0 Å². The van der Waals surface area contributed by atoms with Crippen LogP contribution in [-0.2, 0) is 6.18 Å². The van der Waals surface area contributed by atoms with E-state index in [1.807, 2.05) is 0 Å². The summed E-state index contributed by atoms with van der Waals surface area (Å²) < 4.78 is 40.1. The maximum absolute atomic E-state index is 13.4. The minimum atomic E-state index is -4.58. The average molecular weight is 417 g/mol. The van der Waals surface area contributed by atoms with Crippen molar-refractivity contribution in [1.29, 1.82) is 0 Å². The quantitative estimate of drug-likeness (QED) is 0.791. The van der Waals surface area contributed by atoms with Crippen molar-refractivity contribution in [1.82, 2.24) is 15.0 Å². The molecule has 2 aromatic heterocycles. The number of nitrogens with two attached hydrogens (primary N) is 2. The number of anilines is 3. The van der Waals surface area contributed by atoms with E-state index in [1.54, 1.807) is 6.07 Å². The number of nitrogens with zero attached hydrogens (tertiary/aromatic N) is 5. The molecule has 10 heteroatoms. The highest BCUT2D eigenvalue weighted by atomic mass is 19.4. The molecule has 0 spiro atoms. The van der Waals surface area contributed by atoms with Gasteiger partial charge < -0.3 is 21.3 Å². The number of fused-ring (bicyclic) bond motifs is 2. The molecule has 1 unspecified atom stereocenters. The van der Waals surface area contributed by atoms with Gasteiger partial charge in [-0.25, -0.2) is 9.97 Å². The van der Waals surface area contributed by atoms with E-state index in [0.717, 1.165) is 44.2 Å². The zero-order valence-electron chi connectivity index (χ0n) is 16.2. The summed E-state index contributed by atoms with van der Waals surface area (Å²) in [5, 5.41) is 0. The van der Waals surface area contributed by atoms with Crippen LogP contribution in [0.15, 0.2) is 18.3 Å². The summed E-state index contributed by atoms with van der Waals surface area (Å²) in [6.45, 7) is 1.72. The largest absolute Gasteiger partial charge is 0.419 e. The van der Waals surface area contributed by atoms with Crippen LogP contribution in [0.4, 0.5) is 30.8 Å². The van der Waals surface area contributed by atoms with Crippen LogP contribution in [0.1, 0.15) is 24.8 Å². The highest BCUT2D eigenvalue weighted by Gasteiger charge is 2.51. The van der Waals surface area contributed by atoms with Crippen LogP contribution in [0.2, 0.25) is 0 Å². The van der Waals surface area contributed by atoms with Crippen molar-refractivity contribution < 1.29 is 13.2 Å². The lowest BCUT2D eigenvalue weighted by atomic mass is 9.81. The normalized spacial score (nSPS) is 31.7. The first kappa shape index (κ1) is 18.2. The number of alkyl halides is 3. The molecule has 6 fully saturated rings. The fourth-order valence-corrected chi connectivity index (χ4v) is 5.39. The molecule has 8 rings (SSSR count). The van der Waals surface area contributed by atoms with Crippen LogP contribution in [-0.4, -0.2) is 46.2 Å². The van der Waals surface area contributed by atoms with Gasteiger partial charge in [0, 0.05) is 49.0 Å². The van der Waals surface area contributed by atoms with Crippen molar-refractivity contribution in [2.24, 2.45) is 17.6 Å². The van der Waals surface area contributed by atoms with Crippen LogP contribution in [0.3, 0.4) is 0 Å². The first-order chi connectivity index (χ1) is 14.3. The molecule has 3 atom stereocenters. The van der Waals surface area contributed by atoms with Crippen LogP contribution in [0, 0.1) is 11.8 Å². The summed E-state index contributed by atoms with van der Waals surface area (Å²) in [6.07, 6.45) is 0.0601. The van der Waals surface area contributed by atoms with Crippen LogP contribution < -0.4 is 21.3 Å². The summed E-state index contributed by atoms with van der Waals surface area (Å²) in [7, 11) is 0. The third-order valence-corrected chi connectivity index (χ3v) is 7.24. The second-order valence-corrected chi connectivity index (χ2v) is 9.00. The summed E-state index contributed by atoms with van der Waals surface area (Å²) in [4.78, 5) is 17.6. The van der Waals surface area contributed by atoms with Gasteiger partial charge in [-0.05, 0) is 37.2 Å². The Labute approximate surface area is 171 Å². The van der Waals surface area contributed by atoms with Gasteiger partial charge in [0.2, 0.25) is 5.95 Å². The van der Waals surface area contributed by atoms with Crippen LogP contribution in [0.25, 0.3) is 11.3 Å². The van der Waals surface area contributed by atoms with Gasteiger partial charge in [-0.2, -0.15) is 18.2 Å². The molecular formula is C20H22F3N7. The minimum absolute atomic E-state index is 0.126. The van der Waals surface area contributed by atoms with E-state index in [4.69, 9.17) is 16.5 Å². The molecule has 4 saturated heterocycles. The SMILES string of the molecule is Nc1ncc(-c2cc(N3CC4C[C@H]3[C@H]4N)nc(N3CC4CC3C4)n2)cc1C(F)(F)F. The van der Waals surface area contributed by atoms with Gasteiger partial charge in [0.1, 0.15) is 11.6 Å². The van der Waals surface area contributed by atoms with Crippen molar-refractivity contribution in [3.63, 3.8) is 0 Å². The molecule has 158 valence electrons. The number of hydrogen-bond acceptors (Lipinski definition) is 7. The molecule has 0 radical (unpaired) electrons. The minimum Gasteiger partial charge on any atom is -0.383 e. The lowest BCUT2D eigenvalue weighted by molar-refractivity contribution is -0.137. The van der Waals surface area contributed by atoms with Crippen LogP contribution >= 0.6 is 0 Å². The number of rotatable bonds is 3. The van der Waals surface area contributed by atoms with E-state index in [-0.39, 0.29) is 17.6 Å². The summed E-state index contributed by atoms with van der Waals surface area (Å²) in [5.74, 6) is 1.88. The van der Waals surface area contributed by atoms with Crippen molar-refractivity contribution in [2.45, 2.75) is 43.6 Å². The van der Waals surface area contributed by atoms with Crippen LogP contribution in [0.5, 0.6) is 0 Å². The molecule has 2 aliphatic carbocycles. The smallest absolute Gasteiger partial charge is 0.383 e. The van der Waals surface area contributed by atoms with Gasteiger partial charge in [-0.15, -0.1) is 0 Å². The predicted octanol–water partition coefficient (Wildman–Crippen LogP) is 2.27. The molecule has 6 heterocycles. The van der Waals surface area contributed by atoms with Gasteiger partial charge in [0.05, 0.1) is 11.3 Å². The Balaban J connectivity index is 1.45. The highest BCUT2D eigenvalue weighted by molar-refractivity contribution is 5.68. The molecule has 4 bridgehead atoms. The summed E-state index contributed by atoms with van der Waals surface area (Å²) >= 11 is 0. The predicted molar refractivity (Wildman–Crippen MR) is 106 cm³/mol. The third kappa shape index (κ3) is 2.59. The Morgan fingerprint density at radius 1 is 1.03 bits per heavy atom. The first-order valence-corrected chi connectivity index (χ1v) is 10.3. The second kappa shape index (κ2) is 5.96. The van der Waals surface area contributed by atoms with E-state index in [1.165, 1.54) is 6.20 Å². The fourth-order valence-electron chi connectivity index (χ4n) is 5.39. The zero-order valence-corrected chi connectivity index (χ0v) is 16.2. The molecule has 6 aliphatic rings. The van der Waals surface area contributed by atoms with Crippen molar-refractivity contribution in [3.8, 4) is 11.3 Å². The molecule has 0 amide bonds. The Morgan fingerprint density at radius 3 is 2.43 bits per heavy atom. The summed E-state index contributed by atoms with van der Waals surface area (Å²) in [5.41, 5.74) is 11.5. The van der Waals surface area contributed by atoms with E-state index in [0.29, 0.717) is 29.5 Å². The zero-order chi connectivity index (χ0) is 20.8. The molecule has 2 saturated carbocycles. The maximum atomic E-state index is 13.4. The average Bonchev–Trinajstić information content (AvgIpc) is 3.44. The van der Waals surface area contributed by atoms with Gasteiger partial charge >= 0.3 is 6.18 Å². The first-order valence-electron chi connectivity index (χ1n) is 10.3. The molecule has 30 heavy (non-hydrogen) atoms. The standard InChI is InChI=1S/C20H22F3N7/c21-20(22,23)13-3-10(6-26-18(13)25)14-5-16(30-8-11-4-15(30)17(11)24)28-19(27-14)29-7-9-1-12(29)2-9/h3,5-6,9,11-12,15,17H,1-2,4,7-8,24H2,(H2,25,26)/t9?,11?,12?,15-,17-/m0/s1. The van der Waals surface area contributed by atoms with Gasteiger partial charge in [0.25, 0.3) is 0 Å². The Bertz CT molecular complexity index is 1020. The van der Waals surface area contributed by atoms with Crippen molar-refractivity contribution in [2.75, 3.05) is 28.6 Å². The number of hydrogen-bond donors (Lipinski definition) is 2. The van der Waals surface area contributed by atoms with E-state index < -0.39 is 17.6 Å². The van der Waals surface area contributed by atoms with E-state index in [9.17, 15) is 13.2 Å².